The number of carbonyl (C=O) groups excluding carboxylic acids is 1. The molecule has 1 aromatic rings. The monoisotopic (exact) mass is 275 g/mol. The average Bonchev–Trinajstić information content (AvgIpc) is 3.18. The van der Waals surface area contributed by atoms with Crippen LogP contribution in [-0.2, 0) is 14.3 Å². The highest BCUT2D eigenvalue weighted by molar-refractivity contribution is 5.86. The molecule has 2 fully saturated rings. The molecule has 3 rings (SSSR count). The molecule has 1 saturated carbocycles. The van der Waals surface area contributed by atoms with E-state index in [1.54, 1.807) is 0 Å². The lowest BCUT2D eigenvalue weighted by atomic mass is 9.94. The van der Waals surface area contributed by atoms with Crippen LogP contribution in [0.1, 0.15) is 38.3 Å². The van der Waals surface area contributed by atoms with E-state index in [0.717, 1.165) is 18.4 Å². The van der Waals surface area contributed by atoms with Crippen molar-refractivity contribution in [2.75, 3.05) is 13.2 Å². The molecule has 1 amide bonds. The Morgan fingerprint density at radius 3 is 2.35 bits per heavy atom. The summed E-state index contributed by atoms with van der Waals surface area (Å²) < 4.78 is 11.4. The lowest BCUT2D eigenvalue weighted by Gasteiger charge is -2.32. The van der Waals surface area contributed by atoms with Crippen LogP contribution in [-0.4, -0.2) is 24.9 Å². The minimum Gasteiger partial charge on any atom is -0.349 e. The molecule has 1 atom stereocenters. The van der Waals surface area contributed by atoms with Crippen LogP contribution >= 0.6 is 0 Å². The molecule has 0 aromatic heterocycles. The molecule has 4 nitrogen and oxygen atoms in total. The lowest BCUT2D eigenvalue weighted by Crippen LogP contribution is -2.48. The smallest absolute Gasteiger partial charge is 0.232 e. The summed E-state index contributed by atoms with van der Waals surface area (Å²) in [5, 5.41) is 3.10. The maximum absolute atomic E-state index is 12.6. The van der Waals surface area contributed by atoms with Crippen molar-refractivity contribution >= 4 is 5.91 Å². The number of carbonyl (C=O) groups is 1. The van der Waals surface area contributed by atoms with E-state index in [0.29, 0.717) is 13.2 Å². The quantitative estimate of drug-likeness (QED) is 0.918. The molecule has 20 heavy (non-hydrogen) atoms. The van der Waals surface area contributed by atoms with Crippen molar-refractivity contribution in [3.8, 4) is 0 Å². The Kier molecular flexibility index (Phi) is 3.30. The van der Waals surface area contributed by atoms with E-state index in [4.69, 9.17) is 9.47 Å². The molecule has 1 heterocycles. The predicted octanol–water partition coefficient (Wildman–Crippen LogP) is 2.41. The summed E-state index contributed by atoms with van der Waals surface area (Å²) >= 11 is 0. The Morgan fingerprint density at radius 1 is 1.20 bits per heavy atom. The van der Waals surface area contributed by atoms with Gasteiger partial charge in [0.2, 0.25) is 5.91 Å². The number of benzene rings is 1. The first-order chi connectivity index (χ1) is 9.57. The molecule has 1 aromatic carbocycles. The number of rotatable bonds is 4. The molecule has 0 spiro atoms. The SMILES string of the molecule is C[C@H](NC(=O)C1(C2(C)OCCO2)CC1)c1ccccc1. The van der Waals surface area contributed by atoms with Gasteiger partial charge in [-0.3, -0.25) is 4.79 Å². The molecule has 1 aliphatic heterocycles. The summed E-state index contributed by atoms with van der Waals surface area (Å²) in [6.07, 6.45) is 1.66. The second-order valence-electron chi connectivity index (χ2n) is 5.83. The lowest BCUT2D eigenvalue weighted by molar-refractivity contribution is -0.196. The zero-order chi connectivity index (χ0) is 14.2. The van der Waals surface area contributed by atoms with Crippen LogP contribution in [0.4, 0.5) is 0 Å². The third-order valence-electron chi connectivity index (χ3n) is 4.54. The highest BCUT2D eigenvalue weighted by Crippen LogP contribution is 2.57. The fourth-order valence-electron chi connectivity index (χ4n) is 2.96. The van der Waals surface area contributed by atoms with Crippen LogP contribution in [0.3, 0.4) is 0 Å². The van der Waals surface area contributed by atoms with Crippen LogP contribution in [0.25, 0.3) is 0 Å². The van der Waals surface area contributed by atoms with E-state index >= 15 is 0 Å². The van der Waals surface area contributed by atoms with Crippen LogP contribution < -0.4 is 5.32 Å². The predicted molar refractivity (Wildman–Crippen MR) is 75.0 cm³/mol. The Labute approximate surface area is 119 Å². The molecule has 1 saturated heterocycles. The molecule has 2 aliphatic rings. The van der Waals surface area contributed by atoms with Crippen LogP contribution in [0.15, 0.2) is 30.3 Å². The average molecular weight is 275 g/mol. The summed E-state index contributed by atoms with van der Waals surface area (Å²) in [5.74, 6) is -0.716. The van der Waals surface area contributed by atoms with Gasteiger partial charge in [-0.05, 0) is 32.3 Å². The zero-order valence-electron chi connectivity index (χ0n) is 12.0. The van der Waals surface area contributed by atoms with E-state index < -0.39 is 11.2 Å². The van der Waals surface area contributed by atoms with E-state index in [1.165, 1.54) is 0 Å². The van der Waals surface area contributed by atoms with Crippen LogP contribution in [0, 0.1) is 5.41 Å². The molecule has 1 aliphatic carbocycles. The molecular formula is C16H21NO3. The Balaban J connectivity index is 1.71. The van der Waals surface area contributed by atoms with Gasteiger partial charge in [0, 0.05) is 0 Å². The third-order valence-corrected chi connectivity index (χ3v) is 4.54. The molecule has 0 unspecified atom stereocenters. The molecule has 4 heteroatoms. The minimum atomic E-state index is -0.756. The van der Waals surface area contributed by atoms with Gasteiger partial charge in [-0.15, -0.1) is 0 Å². The van der Waals surface area contributed by atoms with Crippen molar-refractivity contribution in [3.05, 3.63) is 35.9 Å². The maximum atomic E-state index is 12.6. The molecule has 1 N–H and O–H groups in total. The number of ether oxygens (including phenoxy) is 2. The largest absolute Gasteiger partial charge is 0.349 e. The minimum absolute atomic E-state index is 0.00817. The van der Waals surface area contributed by atoms with E-state index in [1.807, 2.05) is 44.2 Å². The molecule has 0 bridgehead atoms. The first-order valence-electron chi connectivity index (χ1n) is 7.21. The second kappa shape index (κ2) is 4.86. The van der Waals surface area contributed by atoms with Crippen LogP contribution in [0.2, 0.25) is 0 Å². The first-order valence-corrected chi connectivity index (χ1v) is 7.21. The Morgan fingerprint density at radius 2 is 1.80 bits per heavy atom. The van der Waals surface area contributed by atoms with E-state index in [9.17, 15) is 4.79 Å². The van der Waals surface area contributed by atoms with Gasteiger partial charge in [-0.2, -0.15) is 0 Å². The van der Waals surface area contributed by atoms with Crippen molar-refractivity contribution in [2.24, 2.45) is 5.41 Å². The van der Waals surface area contributed by atoms with E-state index in [2.05, 4.69) is 5.32 Å². The summed E-state index contributed by atoms with van der Waals surface area (Å²) in [6, 6.07) is 9.97. The second-order valence-corrected chi connectivity index (χ2v) is 5.83. The number of hydrogen-bond donors (Lipinski definition) is 1. The van der Waals surface area contributed by atoms with Gasteiger partial charge in [0.15, 0.2) is 5.79 Å². The van der Waals surface area contributed by atoms with Crippen molar-refractivity contribution in [2.45, 2.75) is 38.5 Å². The molecule has 0 radical (unpaired) electrons. The first kappa shape index (κ1) is 13.6. The van der Waals surface area contributed by atoms with Gasteiger partial charge in [0.1, 0.15) is 5.41 Å². The highest BCUT2D eigenvalue weighted by atomic mass is 16.7. The number of hydrogen-bond acceptors (Lipinski definition) is 3. The van der Waals surface area contributed by atoms with Crippen molar-refractivity contribution in [1.82, 2.24) is 5.32 Å². The molecule has 108 valence electrons. The van der Waals surface area contributed by atoms with Gasteiger partial charge in [0.05, 0.1) is 19.3 Å². The van der Waals surface area contributed by atoms with Gasteiger partial charge in [-0.25, -0.2) is 0 Å². The van der Waals surface area contributed by atoms with Gasteiger partial charge in [0.25, 0.3) is 0 Å². The fourth-order valence-corrected chi connectivity index (χ4v) is 2.96. The van der Waals surface area contributed by atoms with Crippen molar-refractivity contribution in [1.29, 1.82) is 0 Å². The summed E-state index contributed by atoms with van der Waals surface area (Å²) in [5.41, 5.74) is 0.599. The maximum Gasteiger partial charge on any atom is 0.232 e. The van der Waals surface area contributed by atoms with Crippen LogP contribution in [0.5, 0.6) is 0 Å². The van der Waals surface area contributed by atoms with Crippen molar-refractivity contribution in [3.63, 3.8) is 0 Å². The van der Waals surface area contributed by atoms with Gasteiger partial charge >= 0.3 is 0 Å². The number of amides is 1. The highest BCUT2D eigenvalue weighted by Gasteiger charge is 2.65. The normalized spacial score (nSPS) is 24.1. The number of nitrogens with one attached hydrogen (secondary N) is 1. The summed E-state index contributed by atoms with van der Waals surface area (Å²) in [7, 11) is 0. The topological polar surface area (TPSA) is 47.6 Å². The summed E-state index contributed by atoms with van der Waals surface area (Å²) in [6.45, 7) is 5.03. The van der Waals surface area contributed by atoms with E-state index in [-0.39, 0.29) is 11.9 Å². The van der Waals surface area contributed by atoms with Crippen molar-refractivity contribution < 1.29 is 14.3 Å². The summed E-state index contributed by atoms with van der Waals surface area (Å²) in [4.78, 5) is 12.6. The standard InChI is InChI=1S/C16H21NO3/c1-12(13-6-4-3-5-7-13)17-14(18)16(8-9-16)15(2)19-10-11-20-15/h3-7,12H,8-11H2,1-2H3,(H,17,18)/t12-/m0/s1. The Bertz CT molecular complexity index is 490. The third kappa shape index (κ3) is 2.13. The zero-order valence-corrected chi connectivity index (χ0v) is 12.0. The fraction of sp³-hybridized carbons (Fsp3) is 0.562. The molecular weight excluding hydrogens is 254 g/mol. The van der Waals surface area contributed by atoms with Gasteiger partial charge < -0.3 is 14.8 Å². The van der Waals surface area contributed by atoms with Gasteiger partial charge in [-0.1, -0.05) is 30.3 Å². The Hall–Kier alpha value is -1.39.